The number of rotatable bonds is 7. The lowest BCUT2D eigenvalue weighted by Crippen LogP contribution is -2.12. The van der Waals surface area contributed by atoms with Crippen molar-refractivity contribution in [1.29, 1.82) is 0 Å². The molecule has 0 amide bonds. The number of aryl methyl sites for hydroxylation is 1. The van der Waals surface area contributed by atoms with Crippen molar-refractivity contribution < 1.29 is 5.11 Å². The first-order valence-corrected chi connectivity index (χ1v) is 6.12. The van der Waals surface area contributed by atoms with E-state index in [1.54, 1.807) is 0 Å². The average molecular weight is 238 g/mol. The lowest BCUT2D eigenvalue weighted by Gasteiger charge is -2.13. The molecule has 5 heteroatoms. The first kappa shape index (κ1) is 13.7. The van der Waals surface area contributed by atoms with Crippen LogP contribution in [0.15, 0.2) is 0 Å². The van der Waals surface area contributed by atoms with Gasteiger partial charge in [-0.15, -0.1) is 0 Å². The highest BCUT2D eigenvalue weighted by Gasteiger charge is 2.07. The zero-order valence-corrected chi connectivity index (χ0v) is 10.9. The summed E-state index contributed by atoms with van der Waals surface area (Å²) < 4.78 is 0. The number of aliphatic hydroxyl groups is 1. The minimum absolute atomic E-state index is 0.192. The van der Waals surface area contributed by atoms with Gasteiger partial charge >= 0.3 is 0 Å². The maximum atomic E-state index is 8.75. The van der Waals surface area contributed by atoms with Crippen LogP contribution in [0.5, 0.6) is 0 Å². The smallest absolute Gasteiger partial charge is 0.134 e. The van der Waals surface area contributed by atoms with Crippen molar-refractivity contribution >= 4 is 11.6 Å². The van der Waals surface area contributed by atoms with Crippen molar-refractivity contribution in [3.8, 4) is 0 Å². The molecule has 0 spiro atoms. The van der Waals surface area contributed by atoms with Crippen LogP contribution in [-0.2, 0) is 0 Å². The van der Waals surface area contributed by atoms with Crippen LogP contribution in [0.1, 0.15) is 31.2 Å². The number of anilines is 2. The minimum atomic E-state index is 0.192. The van der Waals surface area contributed by atoms with Crippen molar-refractivity contribution in [2.24, 2.45) is 0 Å². The molecule has 96 valence electrons. The van der Waals surface area contributed by atoms with Gasteiger partial charge in [-0.2, -0.15) is 0 Å². The summed E-state index contributed by atoms with van der Waals surface area (Å²) in [5.41, 5.74) is 1.03. The van der Waals surface area contributed by atoms with Gasteiger partial charge in [0.1, 0.15) is 17.5 Å². The molecule has 17 heavy (non-hydrogen) atoms. The number of nitrogens with one attached hydrogen (secondary N) is 2. The van der Waals surface area contributed by atoms with Crippen LogP contribution in [0.4, 0.5) is 11.6 Å². The molecule has 5 nitrogen and oxygen atoms in total. The van der Waals surface area contributed by atoms with E-state index < -0.39 is 0 Å². The molecule has 0 saturated carbocycles. The molecule has 1 heterocycles. The second kappa shape index (κ2) is 7.06. The molecule has 0 bridgehead atoms. The highest BCUT2D eigenvalue weighted by atomic mass is 16.3. The van der Waals surface area contributed by atoms with E-state index in [0.29, 0.717) is 0 Å². The Morgan fingerprint density at radius 1 is 1.06 bits per heavy atom. The Balaban J connectivity index is 2.77. The van der Waals surface area contributed by atoms with Gasteiger partial charge in [0.25, 0.3) is 0 Å². The van der Waals surface area contributed by atoms with Gasteiger partial charge in [0.15, 0.2) is 0 Å². The molecular weight excluding hydrogens is 216 g/mol. The maximum Gasteiger partial charge on any atom is 0.134 e. The number of hydrogen-bond acceptors (Lipinski definition) is 5. The van der Waals surface area contributed by atoms with Gasteiger partial charge in [-0.1, -0.05) is 6.92 Å². The maximum absolute atomic E-state index is 8.75. The summed E-state index contributed by atoms with van der Waals surface area (Å²) in [5.74, 6) is 2.50. The lowest BCUT2D eigenvalue weighted by molar-refractivity contribution is 0.292. The van der Waals surface area contributed by atoms with Crippen LogP contribution in [0, 0.1) is 13.8 Å². The summed E-state index contributed by atoms with van der Waals surface area (Å²) >= 11 is 0. The third-order valence-corrected chi connectivity index (χ3v) is 2.43. The van der Waals surface area contributed by atoms with E-state index >= 15 is 0 Å². The zero-order valence-electron chi connectivity index (χ0n) is 10.9. The highest BCUT2D eigenvalue weighted by Crippen LogP contribution is 2.19. The molecule has 0 fully saturated rings. The predicted octanol–water partition coefficient (Wildman–Crippen LogP) is 1.71. The van der Waals surface area contributed by atoms with Crippen LogP contribution in [0.3, 0.4) is 0 Å². The average Bonchev–Trinajstić information content (AvgIpc) is 2.31. The van der Waals surface area contributed by atoms with Crippen molar-refractivity contribution in [3.63, 3.8) is 0 Å². The normalized spacial score (nSPS) is 10.4. The Kier molecular flexibility index (Phi) is 5.69. The monoisotopic (exact) mass is 238 g/mol. The molecule has 3 N–H and O–H groups in total. The van der Waals surface area contributed by atoms with Crippen molar-refractivity contribution in [1.82, 2.24) is 9.97 Å². The van der Waals surface area contributed by atoms with Crippen molar-refractivity contribution in [3.05, 3.63) is 11.4 Å². The summed E-state index contributed by atoms with van der Waals surface area (Å²) in [4.78, 5) is 8.76. The Labute approximate surface area is 103 Å². The van der Waals surface area contributed by atoms with Crippen LogP contribution in [0.2, 0.25) is 0 Å². The second-order valence-corrected chi connectivity index (χ2v) is 4.02. The first-order chi connectivity index (χ1) is 8.19. The van der Waals surface area contributed by atoms with Crippen LogP contribution < -0.4 is 10.6 Å². The molecule has 0 aromatic carbocycles. The molecule has 0 aliphatic rings. The summed E-state index contributed by atoms with van der Waals surface area (Å²) in [7, 11) is 0. The molecule has 1 rings (SSSR count). The SMILES string of the molecule is CCCNc1nc(C)nc(NCCCO)c1C. The van der Waals surface area contributed by atoms with E-state index in [1.165, 1.54) is 0 Å². The highest BCUT2D eigenvalue weighted by molar-refractivity contribution is 5.57. The fourth-order valence-corrected chi connectivity index (χ4v) is 1.50. The van der Waals surface area contributed by atoms with Crippen LogP contribution >= 0.6 is 0 Å². The van der Waals surface area contributed by atoms with Crippen LogP contribution in [-0.4, -0.2) is 34.8 Å². The Bertz CT molecular complexity index is 355. The van der Waals surface area contributed by atoms with Gasteiger partial charge in [-0.3, -0.25) is 0 Å². The standard InChI is InChI=1S/C12H22N4O/c1-4-6-13-11-9(2)12(14-7-5-8-17)16-10(3)15-11/h17H,4-8H2,1-3H3,(H2,13,14,15,16). The van der Waals surface area contributed by atoms with Gasteiger partial charge in [0.05, 0.1) is 0 Å². The quantitative estimate of drug-likeness (QED) is 0.631. The molecule has 0 unspecified atom stereocenters. The van der Waals surface area contributed by atoms with E-state index in [9.17, 15) is 0 Å². The molecule has 0 aliphatic carbocycles. The Morgan fingerprint density at radius 2 is 1.65 bits per heavy atom. The van der Waals surface area contributed by atoms with Crippen LogP contribution in [0.25, 0.3) is 0 Å². The molecule has 0 atom stereocenters. The molecular formula is C12H22N4O. The lowest BCUT2D eigenvalue weighted by atomic mass is 10.3. The van der Waals surface area contributed by atoms with E-state index in [1.807, 2.05) is 13.8 Å². The number of hydrogen-bond donors (Lipinski definition) is 3. The fourth-order valence-electron chi connectivity index (χ4n) is 1.50. The largest absolute Gasteiger partial charge is 0.396 e. The molecule has 1 aromatic rings. The second-order valence-electron chi connectivity index (χ2n) is 4.02. The molecule has 0 aliphatic heterocycles. The molecule has 0 saturated heterocycles. The van der Waals surface area contributed by atoms with E-state index in [4.69, 9.17) is 5.11 Å². The molecule has 1 aromatic heterocycles. The summed E-state index contributed by atoms with van der Waals surface area (Å²) in [5, 5.41) is 15.3. The first-order valence-electron chi connectivity index (χ1n) is 6.12. The summed E-state index contributed by atoms with van der Waals surface area (Å²) in [6, 6.07) is 0. The van der Waals surface area contributed by atoms with Gasteiger partial charge in [0, 0.05) is 25.3 Å². The van der Waals surface area contributed by atoms with Gasteiger partial charge in [-0.05, 0) is 26.7 Å². The topological polar surface area (TPSA) is 70.1 Å². The van der Waals surface area contributed by atoms with E-state index in [-0.39, 0.29) is 6.61 Å². The van der Waals surface area contributed by atoms with Gasteiger partial charge < -0.3 is 15.7 Å². The zero-order chi connectivity index (χ0) is 12.7. The third kappa shape index (κ3) is 4.19. The van der Waals surface area contributed by atoms with Crippen molar-refractivity contribution in [2.45, 2.75) is 33.6 Å². The number of aromatic nitrogens is 2. The molecule has 0 radical (unpaired) electrons. The number of nitrogens with zero attached hydrogens (tertiary/aromatic N) is 2. The predicted molar refractivity (Wildman–Crippen MR) is 70.5 cm³/mol. The van der Waals surface area contributed by atoms with Gasteiger partial charge in [-0.25, -0.2) is 9.97 Å². The fraction of sp³-hybridized carbons (Fsp3) is 0.667. The minimum Gasteiger partial charge on any atom is -0.396 e. The van der Waals surface area contributed by atoms with Crippen molar-refractivity contribution in [2.75, 3.05) is 30.3 Å². The Morgan fingerprint density at radius 3 is 2.18 bits per heavy atom. The summed E-state index contributed by atoms with van der Waals surface area (Å²) in [6.07, 6.45) is 1.79. The third-order valence-electron chi connectivity index (χ3n) is 2.43. The van der Waals surface area contributed by atoms with E-state index in [0.717, 1.165) is 49.0 Å². The van der Waals surface area contributed by atoms with E-state index in [2.05, 4.69) is 27.5 Å². The number of aliphatic hydroxyl groups excluding tert-OH is 1. The Hall–Kier alpha value is -1.36. The summed E-state index contributed by atoms with van der Waals surface area (Å²) in [6.45, 7) is 7.83. The van der Waals surface area contributed by atoms with Gasteiger partial charge in [0.2, 0.25) is 0 Å².